The number of aromatic amines is 1. The fourth-order valence-electron chi connectivity index (χ4n) is 4.37. The Morgan fingerprint density at radius 2 is 2.00 bits per heavy atom. The van der Waals surface area contributed by atoms with Gasteiger partial charge in [0.25, 0.3) is 5.91 Å². The van der Waals surface area contributed by atoms with Gasteiger partial charge in [0, 0.05) is 49.8 Å². The van der Waals surface area contributed by atoms with Gasteiger partial charge in [-0.05, 0) is 42.5 Å². The van der Waals surface area contributed by atoms with E-state index in [0.29, 0.717) is 38.3 Å². The van der Waals surface area contributed by atoms with Crippen LogP contribution in [0.3, 0.4) is 0 Å². The first-order chi connectivity index (χ1) is 16.0. The zero-order valence-corrected chi connectivity index (χ0v) is 19.5. The van der Waals surface area contributed by atoms with Gasteiger partial charge in [0.15, 0.2) is 0 Å². The molecule has 3 heterocycles. The number of carbonyl (C=O) groups excluding carboxylic acids is 2. The molecule has 1 unspecified atom stereocenters. The van der Waals surface area contributed by atoms with Gasteiger partial charge in [-0.25, -0.2) is 0 Å². The van der Waals surface area contributed by atoms with E-state index in [1.54, 1.807) is 11.1 Å². The van der Waals surface area contributed by atoms with Crippen molar-refractivity contribution in [1.29, 1.82) is 0 Å². The third-order valence-corrected chi connectivity index (χ3v) is 6.31. The lowest BCUT2D eigenvalue weighted by molar-refractivity contribution is -0.134. The van der Waals surface area contributed by atoms with Crippen LogP contribution >= 0.6 is 0 Å². The molecule has 33 heavy (non-hydrogen) atoms. The summed E-state index contributed by atoms with van der Waals surface area (Å²) in [7, 11) is 0. The highest BCUT2D eigenvalue weighted by molar-refractivity contribution is 5.93. The monoisotopic (exact) mass is 445 g/mol. The van der Waals surface area contributed by atoms with E-state index in [9.17, 15) is 9.59 Å². The molecule has 0 bridgehead atoms. The minimum atomic E-state index is -0.322. The van der Waals surface area contributed by atoms with Crippen molar-refractivity contribution in [3.8, 4) is 11.1 Å². The number of likely N-dealkylation sites (N-methyl/N-ethyl adjacent to an activating group) is 1. The maximum atomic E-state index is 13.4. The Hall–Kier alpha value is -3.48. The second kappa shape index (κ2) is 9.98. The van der Waals surface area contributed by atoms with Crippen LogP contribution in [0.15, 0.2) is 54.9 Å². The van der Waals surface area contributed by atoms with Crippen LogP contribution in [0.1, 0.15) is 48.4 Å². The lowest BCUT2D eigenvalue weighted by Crippen LogP contribution is -2.38. The number of nitrogens with one attached hydrogen (secondary N) is 1. The molecule has 0 aliphatic carbocycles. The van der Waals surface area contributed by atoms with E-state index >= 15 is 0 Å². The molecule has 7 nitrogen and oxygen atoms in total. The van der Waals surface area contributed by atoms with Crippen molar-refractivity contribution in [3.63, 3.8) is 0 Å². The van der Waals surface area contributed by atoms with Crippen molar-refractivity contribution in [2.45, 2.75) is 33.1 Å². The zero-order valence-electron chi connectivity index (χ0n) is 19.5. The predicted octanol–water partition coefficient (Wildman–Crippen LogP) is 3.76. The average molecular weight is 446 g/mol. The summed E-state index contributed by atoms with van der Waals surface area (Å²) < 4.78 is 0. The smallest absolute Gasteiger partial charge is 0.274 e. The van der Waals surface area contributed by atoms with Gasteiger partial charge in [-0.2, -0.15) is 5.10 Å². The summed E-state index contributed by atoms with van der Waals surface area (Å²) in [5.41, 5.74) is 4.51. The predicted molar refractivity (Wildman–Crippen MR) is 128 cm³/mol. The molecule has 0 radical (unpaired) electrons. The molecule has 1 atom stereocenters. The Labute approximate surface area is 194 Å². The van der Waals surface area contributed by atoms with Crippen LogP contribution in [0.2, 0.25) is 0 Å². The van der Waals surface area contributed by atoms with Crippen LogP contribution in [-0.2, 0) is 11.2 Å². The minimum absolute atomic E-state index is 0.0960. The van der Waals surface area contributed by atoms with Gasteiger partial charge in [0.2, 0.25) is 5.91 Å². The van der Waals surface area contributed by atoms with Crippen LogP contribution in [0.5, 0.6) is 0 Å². The minimum Gasteiger partial charge on any atom is -0.341 e. The molecule has 1 N–H and O–H groups in total. The van der Waals surface area contributed by atoms with Crippen LogP contribution in [0, 0.1) is 5.92 Å². The summed E-state index contributed by atoms with van der Waals surface area (Å²) in [5.74, 6) is -0.0945. The number of hydrogen-bond acceptors (Lipinski definition) is 4. The van der Waals surface area contributed by atoms with Crippen molar-refractivity contribution in [3.05, 3.63) is 71.8 Å². The highest BCUT2D eigenvalue weighted by atomic mass is 16.2. The van der Waals surface area contributed by atoms with E-state index in [1.807, 2.05) is 48.4 Å². The third-order valence-electron chi connectivity index (χ3n) is 6.31. The molecule has 172 valence electrons. The Morgan fingerprint density at radius 1 is 1.18 bits per heavy atom. The maximum absolute atomic E-state index is 13.4. The maximum Gasteiger partial charge on any atom is 0.274 e. The molecule has 3 aromatic rings. The summed E-state index contributed by atoms with van der Waals surface area (Å²) in [4.78, 5) is 34.6. The molecule has 2 amide bonds. The number of H-pyrrole nitrogens is 1. The summed E-state index contributed by atoms with van der Waals surface area (Å²) in [6.07, 6.45) is 4.15. The van der Waals surface area contributed by atoms with Gasteiger partial charge >= 0.3 is 0 Å². The highest BCUT2D eigenvalue weighted by Crippen LogP contribution is 2.27. The Morgan fingerprint density at radius 3 is 2.70 bits per heavy atom. The van der Waals surface area contributed by atoms with Crippen LogP contribution in [0.25, 0.3) is 11.1 Å². The molecular weight excluding hydrogens is 414 g/mol. The fraction of sp³-hybridized carbons (Fsp3) is 0.385. The number of carbonyl (C=O) groups is 2. The number of benzene rings is 1. The number of hydrogen-bond donors (Lipinski definition) is 1. The molecule has 7 heteroatoms. The molecule has 4 rings (SSSR count). The topological polar surface area (TPSA) is 82.2 Å². The zero-order chi connectivity index (χ0) is 23.4. The van der Waals surface area contributed by atoms with E-state index in [4.69, 9.17) is 0 Å². The standard InChI is InChI=1S/C26H31N5O2/c1-4-30-12-13-31(26(33)24-15-23(18(2)3)28-29-24)17-21(25(30)32)14-19-8-5-6-10-22(19)20-9-7-11-27-16-20/h5-11,15-16,18,21H,4,12-14,17H2,1-3H3,(H,28,29). The van der Waals surface area contributed by atoms with Crippen LogP contribution in [-0.4, -0.2) is 63.0 Å². The number of nitrogens with zero attached hydrogens (tertiary/aromatic N) is 4. The molecule has 1 fully saturated rings. The van der Waals surface area contributed by atoms with E-state index in [2.05, 4.69) is 41.2 Å². The van der Waals surface area contributed by atoms with E-state index in [0.717, 1.165) is 22.4 Å². The molecule has 2 aromatic heterocycles. The SMILES string of the molecule is CCN1CCN(C(=O)c2cc(C(C)C)[nH]n2)CC(Cc2ccccc2-c2cccnc2)C1=O. The van der Waals surface area contributed by atoms with Gasteiger partial charge in [0.1, 0.15) is 5.69 Å². The Bertz CT molecular complexity index is 1110. The summed E-state index contributed by atoms with van der Waals surface area (Å²) in [6, 6.07) is 13.9. The molecular formula is C26H31N5O2. The number of pyridine rings is 1. The lowest BCUT2D eigenvalue weighted by Gasteiger charge is -2.24. The van der Waals surface area contributed by atoms with Crippen molar-refractivity contribution in [1.82, 2.24) is 25.0 Å². The van der Waals surface area contributed by atoms with E-state index in [-0.39, 0.29) is 23.7 Å². The average Bonchev–Trinajstić information content (AvgIpc) is 3.28. The molecule has 1 saturated heterocycles. The number of aromatic nitrogens is 3. The second-order valence-electron chi connectivity index (χ2n) is 8.83. The summed E-state index contributed by atoms with van der Waals surface area (Å²) >= 11 is 0. The van der Waals surface area contributed by atoms with Gasteiger partial charge in [-0.1, -0.05) is 44.2 Å². The van der Waals surface area contributed by atoms with Crippen LogP contribution < -0.4 is 0 Å². The van der Waals surface area contributed by atoms with Gasteiger partial charge in [-0.3, -0.25) is 19.7 Å². The second-order valence-corrected chi connectivity index (χ2v) is 8.83. The largest absolute Gasteiger partial charge is 0.341 e. The molecule has 1 aromatic carbocycles. The van der Waals surface area contributed by atoms with Gasteiger partial charge < -0.3 is 9.80 Å². The third kappa shape index (κ3) is 4.97. The summed E-state index contributed by atoms with van der Waals surface area (Å²) in [6.45, 7) is 8.13. The van der Waals surface area contributed by atoms with Crippen LogP contribution in [0.4, 0.5) is 0 Å². The molecule has 0 saturated carbocycles. The van der Waals surface area contributed by atoms with E-state index in [1.165, 1.54) is 0 Å². The normalized spacial score (nSPS) is 16.8. The Balaban J connectivity index is 1.61. The van der Waals surface area contributed by atoms with Crippen molar-refractivity contribution >= 4 is 11.8 Å². The molecule has 1 aliphatic heterocycles. The Kier molecular flexibility index (Phi) is 6.87. The molecule has 1 aliphatic rings. The van der Waals surface area contributed by atoms with E-state index < -0.39 is 0 Å². The van der Waals surface area contributed by atoms with Crippen molar-refractivity contribution < 1.29 is 9.59 Å². The first-order valence-electron chi connectivity index (χ1n) is 11.6. The first kappa shape index (κ1) is 22.7. The quantitative estimate of drug-likeness (QED) is 0.626. The molecule has 0 spiro atoms. The highest BCUT2D eigenvalue weighted by Gasteiger charge is 2.33. The van der Waals surface area contributed by atoms with Gasteiger partial charge in [-0.15, -0.1) is 0 Å². The number of amides is 2. The van der Waals surface area contributed by atoms with Crippen molar-refractivity contribution in [2.75, 3.05) is 26.2 Å². The first-order valence-corrected chi connectivity index (χ1v) is 11.6. The number of rotatable bonds is 6. The fourth-order valence-corrected chi connectivity index (χ4v) is 4.37. The lowest BCUT2D eigenvalue weighted by atomic mass is 9.91. The summed E-state index contributed by atoms with van der Waals surface area (Å²) in [5, 5.41) is 7.21. The van der Waals surface area contributed by atoms with Crippen molar-refractivity contribution in [2.24, 2.45) is 5.92 Å². The van der Waals surface area contributed by atoms with Gasteiger partial charge in [0.05, 0.1) is 5.92 Å².